The molecule has 13 heteroatoms. The van der Waals surface area contributed by atoms with E-state index in [1.165, 1.54) is 6.20 Å². The van der Waals surface area contributed by atoms with Gasteiger partial charge in [0.25, 0.3) is 0 Å². The van der Waals surface area contributed by atoms with Gasteiger partial charge in [-0.05, 0) is 37.0 Å². The zero-order chi connectivity index (χ0) is 25.8. The van der Waals surface area contributed by atoms with Gasteiger partial charge in [0.15, 0.2) is 16.5 Å². The summed E-state index contributed by atoms with van der Waals surface area (Å²) in [6.45, 7) is 6.44. The number of anilines is 2. The number of thiazole rings is 1. The van der Waals surface area contributed by atoms with Crippen molar-refractivity contribution in [3.05, 3.63) is 52.0 Å². The number of carboxylic acid groups (broad SMARTS) is 1. The van der Waals surface area contributed by atoms with Crippen LogP contribution in [0.2, 0.25) is 0 Å². The van der Waals surface area contributed by atoms with Gasteiger partial charge in [-0.1, -0.05) is 19.9 Å². The van der Waals surface area contributed by atoms with Gasteiger partial charge < -0.3 is 20.1 Å². The van der Waals surface area contributed by atoms with Crippen molar-refractivity contribution in [3.63, 3.8) is 0 Å². The molecule has 0 unspecified atom stereocenters. The van der Waals surface area contributed by atoms with Crippen LogP contribution in [0.3, 0.4) is 0 Å². The Morgan fingerprint density at radius 2 is 1.97 bits per heavy atom. The van der Waals surface area contributed by atoms with Crippen molar-refractivity contribution in [3.8, 4) is 5.75 Å². The molecule has 0 aliphatic carbocycles. The zero-order valence-corrected chi connectivity index (χ0v) is 19.9. The number of ether oxygens (including phenoxy) is 1. The van der Waals surface area contributed by atoms with E-state index in [4.69, 9.17) is 9.84 Å². The maximum absolute atomic E-state index is 13.0. The number of amides is 2. The number of hydrogen-bond donors (Lipinski definition) is 4. The molecule has 2 heterocycles. The Hall–Kier alpha value is -3.61. The van der Waals surface area contributed by atoms with Crippen molar-refractivity contribution in [1.29, 1.82) is 0 Å². The molecule has 3 aromatic rings. The average molecular weight is 512 g/mol. The van der Waals surface area contributed by atoms with Crippen LogP contribution < -0.4 is 15.4 Å². The van der Waals surface area contributed by atoms with Gasteiger partial charge in [0.05, 0.1) is 12.3 Å². The number of nitrogens with one attached hydrogen (secondary N) is 3. The van der Waals surface area contributed by atoms with Gasteiger partial charge >= 0.3 is 18.2 Å². The molecule has 0 saturated heterocycles. The SMILES string of the molecule is Cc1ccc(NC(=O)Nc2ncc(CCc3nc(C(=O)O)c(C(F)(F)F)[nH]3)s2)c(OCC(C)C)c1. The lowest BCUT2D eigenvalue weighted by atomic mass is 10.2. The Bertz CT molecular complexity index is 1210. The third kappa shape index (κ3) is 7.18. The van der Waals surface area contributed by atoms with Crippen LogP contribution in [0.5, 0.6) is 5.75 Å². The molecular formula is C22H24F3N5O4S. The normalized spacial score (nSPS) is 11.5. The summed E-state index contributed by atoms with van der Waals surface area (Å²) in [5.74, 6) is -1.01. The summed E-state index contributed by atoms with van der Waals surface area (Å²) in [5.41, 5.74) is -0.980. The van der Waals surface area contributed by atoms with Crippen molar-refractivity contribution in [1.82, 2.24) is 15.0 Å². The Kier molecular flexibility index (Phi) is 7.99. The number of hydrogen-bond acceptors (Lipinski definition) is 6. The molecule has 0 radical (unpaired) electrons. The maximum atomic E-state index is 13.0. The predicted molar refractivity (Wildman–Crippen MR) is 124 cm³/mol. The molecule has 3 rings (SSSR count). The van der Waals surface area contributed by atoms with Crippen LogP contribution >= 0.6 is 11.3 Å². The van der Waals surface area contributed by atoms with E-state index >= 15 is 0 Å². The van der Waals surface area contributed by atoms with Gasteiger partial charge in [-0.2, -0.15) is 13.2 Å². The molecule has 0 aliphatic heterocycles. The monoisotopic (exact) mass is 511 g/mol. The molecule has 0 aliphatic rings. The quantitative estimate of drug-likeness (QED) is 0.306. The smallest absolute Gasteiger partial charge is 0.433 e. The number of carbonyl (C=O) groups is 2. The number of aryl methyl sites for hydroxylation is 3. The van der Waals surface area contributed by atoms with Gasteiger partial charge in [0, 0.05) is 17.5 Å². The largest absolute Gasteiger partial charge is 0.491 e. The summed E-state index contributed by atoms with van der Waals surface area (Å²) in [4.78, 5) is 33.9. The van der Waals surface area contributed by atoms with Crippen LogP contribution in [0.25, 0.3) is 0 Å². The van der Waals surface area contributed by atoms with E-state index in [2.05, 4.69) is 20.6 Å². The lowest BCUT2D eigenvalue weighted by Crippen LogP contribution is -2.20. The van der Waals surface area contributed by atoms with E-state index in [9.17, 15) is 22.8 Å². The Labute approximate surface area is 202 Å². The van der Waals surface area contributed by atoms with Crippen LogP contribution in [-0.2, 0) is 19.0 Å². The fourth-order valence-corrected chi connectivity index (χ4v) is 3.79. The first kappa shape index (κ1) is 26.0. The average Bonchev–Trinajstić information content (AvgIpc) is 3.39. The minimum absolute atomic E-state index is 0.0319. The number of aromatic amines is 1. The van der Waals surface area contributed by atoms with Gasteiger partial charge in [0.2, 0.25) is 0 Å². The number of nitrogens with zero attached hydrogens (tertiary/aromatic N) is 2. The predicted octanol–water partition coefficient (Wildman–Crippen LogP) is 5.36. The number of carboxylic acids is 1. The number of aromatic nitrogens is 3. The molecule has 4 N–H and O–H groups in total. The fraction of sp³-hybridized carbons (Fsp3) is 0.364. The van der Waals surface area contributed by atoms with Crippen LogP contribution in [-0.4, -0.2) is 38.7 Å². The van der Waals surface area contributed by atoms with Crippen molar-refractivity contribution < 1.29 is 32.6 Å². The van der Waals surface area contributed by atoms with Gasteiger partial charge in [0.1, 0.15) is 11.6 Å². The highest BCUT2D eigenvalue weighted by molar-refractivity contribution is 7.15. The number of halogens is 3. The minimum atomic E-state index is -4.86. The first-order chi connectivity index (χ1) is 16.4. The molecule has 0 fully saturated rings. The highest BCUT2D eigenvalue weighted by Gasteiger charge is 2.39. The Balaban J connectivity index is 1.60. The van der Waals surface area contributed by atoms with E-state index in [1.807, 2.05) is 37.9 Å². The Morgan fingerprint density at radius 3 is 2.60 bits per heavy atom. The third-order valence-electron chi connectivity index (χ3n) is 4.58. The molecule has 2 aromatic heterocycles. The molecule has 0 spiro atoms. The molecule has 9 nitrogen and oxygen atoms in total. The second-order valence-electron chi connectivity index (χ2n) is 8.13. The number of carbonyl (C=O) groups excluding carboxylic acids is 1. The molecule has 1 aromatic carbocycles. The third-order valence-corrected chi connectivity index (χ3v) is 5.55. The topological polar surface area (TPSA) is 129 Å². The van der Waals surface area contributed by atoms with E-state index in [1.54, 1.807) is 6.07 Å². The number of imidazole rings is 1. The summed E-state index contributed by atoms with van der Waals surface area (Å²) in [7, 11) is 0. The van der Waals surface area contributed by atoms with Crippen molar-refractivity contribution >= 4 is 34.2 Å². The van der Waals surface area contributed by atoms with Gasteiger partial charge in [-0.15, -0.1) is 11.3 Å². The number of urea groups is 1. The van der Waals surface area contributed by atoms with E-state index in [0.29, 0.717) is 28.8 Å². The molecule has 0 atom stereocenters. The van der Waals surface area contributed by atoms with Crippen LogP contribution in [0.15, 0.2) is 24.4 Å². The number of alkyl halides is 3. The second kappa shape index (κ2) is 10.8. The molecule has 0 bridgehead atoms. The van der Waals surface area contributed by atoms with Gasteiger partial charge in [-0.25, -0.2) is 19.6 Å². The fourth-order valence-electron chi connectivity index (χ4n) is 2.98. The molecule has 188 valence electrons. The first-order valence-electron chi connectivity index (χ1n) is 10.6. The first-order valence-corrected chi connectivity index (χ1v) is 11.4. The highest BCUT2D eigenvalue weighted by Crippen LogP contribution is 2.31. The summed E-state index contributed by atoms with van der Waals surface area (Å²) < 4.78 is 44.8. The van der Waals surface area contributed by atoms with Crippen LogP contribution in [0.1, 0.15) is 46.3 Å². The maximum Gasteiger partial charge on any atom is 0.433 e. The summed E-state index contributed by atoms with van der Waals surface area (Å²) in [6.07, 6.45) is -3.10. The molecule has 0 saturated carbocycles. The van der Waals surface area contributed by atoms with E-state index in [0.717, 1.165) is 16.9 Å². The number of H-pyrrole nitrogens is 1. The number of benzene rings is 1. The molecule has 35 heavy (non-hydrogen) atoms. The van der Waals surface area contributed by atoms with Crippen molar-refractivity contribution in [2.24, 2.45) is 5.92 Å². The van der Waals surface area contributed by atoms with E-state index < -0.39 is 29.6 Å². The Morgan fingerprint density at radius 1 is 1.23 bits per heavy atom. The summed E-state index contributed by atoms with van der Waals surface area (Å²) in [5, 5.41) is 14.6. The summed E-state index contributed by atoms with van der Waals surface area (Å²) >= 11 is 1.14. The number of aromatic carboxylic acids is 1. The zero-order valence-electron chi connectivity index (χ0n) is 19.1. The van der Waals surface area contributed by atoms with Crippen LogP contribution in [0.4, 0.5) is 28.8 Å². The van der Waals surface area contributed by atoms with Crippen LogP contribution in [0, 0.1) is 12.8 Å². The van der Waals surface area contributed by atoms with Gasteiger partial charge in [-0.3, -0.25) is 5.32 Å². The lowest BCUT2D eigenvalue weighted by Gasteiger charge is -2.14. The molecular weight excluding hydrogens is 487 g/mol. The lowest BCUT2D eigenvalue weighted by molar-refractivity contribution is -0.141. The van der Waals surface area contributed by atoms with Crippen molar-refractivity contribution in [2.45, 2.75) is 39.8 Å². The van der Waals surface area contributed by atoms with E-state index in [-0.39, 0.29) is 23.8 Å². The highest BCUT2D eigenvalue weighted by atomic mass is 32.1. The standard InChI is InChI=1S/C22H24F3N5O4S/c1-11(2)10-34-15-8-12(3)4-6-14(15)27-20(33)30-21-26-9-13(35-21)5-7-16-28-17(19(31)32)18(29-16)22(23,24)25/h4,6,8-9,11H,5,7,10H2,1-3H3,(H,28,29)(H,31,32)(H2,26,27,30,33). The number of rotatable bonds is 9. The molecule has 2 amide bonds. The summed E-state index contributed by atoms with van der Waals surface area (Å²) in [6, 6.07) is 4.88. The van der Waals surface area contributed by atoms with Crippen molar-refractivity contribution in [2.75, 3.05) is 17.2 Å². The second-order valence-corrected chi connectivity index (χ2v) is 9.24. The minimum Gasteiger partial charge on any atom is -0.491 e.